The number of rotatable bonds is 3. The topological polar surface area (TPSA) is 70.1 Å². The van der Waals surface area contributed by atoms with Crippen molar-refractivity contribution in [2.75, 3.05) is 7.05 Å². The van der Waals surface area contributed by atoms with Crippen LogP contribution >= 0.6 is 0 Å². The lowest BCUT2D eigenvalue weighted by Gasteiger charge is -2.16. The van der Waals surface area contributed by atoms with E-state index >= 15 is 0 Å². The Morgan fingerprint density at radius 3 is 2.09 bits per heavy atom. The molecule has 1 aliphatic heterocycles. The van der Waals surface area contributed by atoms with Crippen LogP contribution in [-0.2, 0) is 4.79 Å². The quantitative estimate of drug-likeness (QED) is 0.698. The molecule has 1 heterocycles. The molecule has 1 atom stereocenters. The predicted octanol–water partition coefficient (Wildman–Crippen LogP) is 2.80. The number of urea groups is 1. The number of imide groups is 1. The first-order valence-corrected chi connectivity index (χ1v) is 6.70. The van der Waals surface area contributed by atoms with E-state index in [1.807, 2.05) is 30.3 Å². The molecule has 6 nitrogen and oxygen atoms in total. The summed E-state index contributed by atoms with van der Waals surface area (Å²) >= 11 is 0. The van der Waals surface area contributed by atoms with Crippen LogP contribution in [0.4, 0.5) is 4.79 Å². The highest BCUT2D eigenvalue weighted by atomic mass is 16.5. The van der Waals surface area contributed by atoms with Gasteiger partial charge in [0.2, 0.25) is 0 Å². The van der Waals surface area contributed by atoms with Gasteiger partial charge in [0, 0.05) is 7.05 Å². The van der Waals surface area contributed by atoms with Gasteiger partial charge in [0.05, 0.1) is 0 Å². The van der Waals surface area contributed by atoms with Crippen LogP contribution in [0.5, 0.6) is 11.5 Å². The van der Waals surface area contributed by atoms with Gasteiger partial charge in [-0.25, -0.2) is 4.79 Å². The van der Waals surface area contributed by atoms with E-state index in [4.69, 9.17) is 4.74 Å². The van der Waals surface area contributed by atoms with Crippen LogP contribution < -0.4 is 4.74 Å². The van der Waals surface area contributed by atoms with Gasteiger partial charge in [-0.2, -0.15) is 0 Å². The van der Waals surface area contributed by atoms with E-state index in [0.717, 1.165) is 0 Å². The highest BCUT2D eigenvalue weighted by Crippen LogP contribution is 2.30. The molecule has 1 saturated heterocycles. The van der Waals surface area contributed by atoms with Crippen molar-refractivity contribution in [2.24, 2.45) is 0 Å². The summed E-state index contributed by atoms with van der Waals surface area (Å²) in [5, 5.41) is 9.52. The minimum absolute atomic E-state index is 0.138. The summed E-state index contributed by atoms with van der Waals surface area (Å²) in [6, 6.07) is 14.6. The molecule has 6 heteroatoms. The molecule has 1 aliphatic rings. The summed E-state index contributed by atoms with van der Waals surface area (Å²) < 4.78 is 5.67. The monoisotopic (exact) mass is 298 g/mol. The molecule has 22 heavy (non-hydrogen) atoms. The molecule has 1 N–H and O–H groups in total. The maximum Gasteiger partial charge on any atom is 0.351 e. The molecule has 0 radical (unpaired) electrons. The molecule has 0 saturated carbocycles. The van der Waals surface area contributed by atoms with E-state index in [1.54, 1.807) is 24.3 Å². The highest BCUT2D eigenvalue weighted by molar-refractivity contribution is 6.03. The average Bonchev–Trinajstić information content (AvgIpc) is 2.73. The van der Waals surface area contributed by atoms with Crippen molar-refractivity contribution in [1.82, 2.24) is 9.96 Å². The first kappa shape index (κ1) is 14.1. The fraction of sp³-hybridized carbons (Fsp3) is 0.125. The van der Waals surface area contributed by atoms with Crippen molar-refractivity contribution in [3.05, 3.63) is 60.2 Å². The molecule has 3 amide bonds. The zero-order valence-corrected chi connectivity index (χ0v) is 11.8. The van der Waals surface area contributed by atoms with Crippen molar-refractivity contribution >= 4 is 11.9 Å². The SMILES string of the molecule is CN1C(=O)N(O)C(=O)C1c1ccc(Oc2ccccc2)cc1. The Bertz CT molecular complexity index is 700. The van der Waals surface area contributed by atoms with Gasteiger partial charge in [-0.1, -0.05) is 30.3 Å². The number of hydrogen-bond acceptors (Lipinski definition) is 4. The van der Waals surface area contributed by atoms with Crippen molar-refractivity contribution < 1.29 is 19.5 Å². The normalized spacial score (nSPS) is 18.0. The second-order valence-corrected chi connectivity index (χ2v) is 4.93. The number of carbonyl (C=O) groups is 2. The largest absolute Gasteiger partial charge is 0.457 e. The van der Waals surface area contributed by atoms with Crippen LogP contribution in [0, 0.1) is 0 Å². The number of ether oxygens (including phenoxy) is 1. The van der Waals surface area contributed by atoms with Crippen LogP contribution in [0.2, 0.25) is 0 Å². The number of para-hydroxylation sites is 1. The van der Waals surface area contributed by atoms with E-state index in [2.05, 4.69) is 0 Å². The maximum absolute atomic E-state index is 11.9. The number of benzene rings is 2. The predicted molar refractivity (Wildman–Crippen MR) is 77.5 cm³/mol. The van der Waals surface area contributed by atoms with Crippen LogP contribution in [0.3, 0.4) is 0 Å². The molecule has 3 rings (SSSR count). The molecule has 2 aromatic carbocycles. The summed E-state index contributed by atoms with van der Waals surface area (Å²) in [7, 11) is 1.47. The molecule has 0 bridgehead atoms. The molecular weight excluding hydrogens is 284 g/mol. The molecule has 0 aliphatic carbocycles. The van der Waals surface area contributed by atoms with Gasteiger partial charge in [0.15, 0.2) is 0 Å². The molecule has 2 aromatic rings. The van der Waals surface area contributed by atoms with Gasteiger partial charge >= 0.3 is 6.03 Å². The zero-order chi connectivity index (χ0) is 15.7. The molecule has 1 fully saturated rings. The summed E-state index contributed by atoms with van der Waals surface area (Å²) in [5.41, 5.74) is 0.609. The van der Waals surface area contributed by atoms with Gasteiger partial charge < -0.3 is 9.64 Å². The van der Waals surface area contributed by atoms with Crippen molar-refractivity contribution in [2.45, 2.75) is 6.04 Å². The first-order chi connectivity index (χ1) is 10.6. The fourth-order valence-corrected chi connectivity index (χ4v) is 2.34. The lowest BCUT2D eigenvalue weighted by molar-refractivity contribution is -0.149. The Labute approximate surface area is 127 Å². The third kappa shape index (κ3) is 2.40. The van der Waals surface area contributed by atoms with Crippen LogP contribution in [0.25, 0.3) is 0 Å². The molecule has 1 unspecified atom stereocenters. The van der Waals surface area contributed by atoms with Gasteiger partial charge in [0.1, 0.15) is 17.5 Å². The summed E-state index contributed by atoms with van der Waals surface area (Å²) in [4.78, 5) is 24.6. The highest BCUT2D eigenvalue weighted by Gasteiger charge is 2.43. The summed E-state index contributed by atoms with van der Waals surface area (Å²) in [5.74, 6) is 0.667. The Balaban J connectivity index is 1.80. The minimum Gasteiger partial charge on any atom is -0.457 e. The lowest BCUT2D eigenvalue weighted by atomic mass is 10.1. The Kier molecular flexibility index (Phi) is 3.52. The van der Waals surface area contributed by atoms with E-state index in [-0.39, 0.29) is 5.06 Å². The molecule has 0 aromatic heterocycles. The summed E-state index contributed by atoms with van der Waals surface area (Å²) in [6.07, 6.45) is 0. The molecule has 112 valence electrons. The number of hydroxylamine groups is 2. The first-order valence-electron chi connectivity index (χ1n) is 6.70. The van der Waals surface area contributed by atoms with Crippen molar-refractivity contribution in [3.63, 3.8) is 0 Å². The van der Waals surface area contributed by atoms with Gasteiger partial charge in [-0.05, 0) is 29.8 Å². The fourth-order valence-electron chi connectivity index (χ4n) is 2.34. The minimum atomic E-state index is -0.816. The van der Waals surface area contributed by atoms with Crippen LogP contribution in [-0.4, -0.2) is 34.2 Å². The average molecular weight is 298 g/mol. The van der Waals surface area contributed by atoms with E-state index in [1.165, 1.54) is 11.9 Å². The van der Waals surface area contributed by atoms with Crippen molar-refractivity contribution in [3.8, 4) is 11.5 Å². The van der Waals surface area contributed by atoms with Crippen molar-refractivity contribution in [1.29, 1.82) is 0 Å². The van der Waals surface area contributed by atoms with Gasteiger partial charge in [-0.15, -0.1) is 5.06 Å². The second kappa shape index (κ2) is 5.50. The zero-order valence-electron chi connectivity index (χ0n) is 11.8. The van der Waals surface area contributed by atoms with Gasteiger partial charge in [0.25, 0.3) is 5.91 Å². The number of likely N-dealkylation sites (N-methyl/N-ethyl adjacent to an activating group) is 1. The van der Waals surface area contributed by atoms with Gasteiger partial charge in [-0.3, -0.25) is 10.0 Å². The number of hydrogen-bond donors (Lipinski definition) is 1. The van der Waals surface area contributed by atoms with E-state index in [9.17, 15) is 14.8 Å². The standard InChI is InChI=1S/C16H14N2O4/c1-17-14(15(19)18(21)16(17)20)11-7-9-13(10-8-11)22-12-5-3-2-4-6-12/h2-10,14,21H,1H3. The summed E-state index contributed by atoms with van der Waals surface area (Å²) in [6.45, 7) is 0. The second-order valence-electron chi connectivity index (χ2n) is 4.93. The third-order valence-electron chi connectivity index (χ3n) is 3.49. The Morgan fingerprint density at radius 1 is 0.955 bits per heavy atom. The lowest BCUT2D eigenvalue weighted by Crippen LogP contribution is -2.27. The third-order valence-corrected chi connectivity index (χ3v) is 3.49. The molecular formula is C16H14N2O4. The van der Waals surface area contributed by atoms with E-state index in [0.29, 0.717) is 17.1 Å². The number of carbonyl (C=O) groups excluding carboxylic acids is 2. The number of amides is 3. The Hall–Kier alpha value is -2.86. The Morgan fingerprint density at radius 2 is 1.55 bits per heavy atom. The molecule has 0 spiro atoms. The number of nitrogens with zero attached hydrogens (tertiary/aromatic N) is 2. The van der Waals surface area contributed by atoms with Crippen LogP contribution in [0.1, 0.15) is 11.6 Å². The van der Waals surface area contributed by atoms with E-state index < -0.39 is 18.0 Å². The maximum atomic E-state index is 11.9. The smallest absolute Gasteiger partial charge is 0.351 e. The van der Waals surface area contributed by atoms with Crippen LogP contribution in [0.15, 0.2) is 54.6 Å².